The molecule has 0 unspecified atom stereocenters. The summed E-state index contributed by atoms with van der Waals surface area (Å²) in [6, 6.07) is 20.0. The molecule has 4 rings (SSSR count). The number of nitro benzene ring substituents is 1. The highest BCUT2D eigenvalue weighted by atomic mass is 16.6. The van der Waals surface area contributed by atoms with E-state index >= 15 is 0 Å². The number of anilines is 1. The zero-order chi connectivity index (χ0) is 20.5. The highest BCUT2D eigenvalue weighted by Gasteiger charge is 2.35. The standard InChI is InChI=1S/C23H16N2O4/c1-15-6-10-17(11-7-15)24-22(26)20-5-3-2-4-19(20)21(23(24)27)14-16-8-12-18(13-9-16)25(28)29/h2-14H,1H3/b21-14-. The molecule has 0 N–H and O–H groups in total. The van der Waals surface area contributed by atoms with Gasteiger partial charge in [-0.2, -0.15) is 0 Å². The summed E-state index contributed by atoms with van der Waals surface area (Å²) in [6.45, 7) is 1.93. The number of nitro groups is 1. The fourth-order valence-electron chi connectivity index (χ4n) is 3.28. The number of aryl methyl sites for hydroxylation is 1. The van der Waals surface area contributed by atoms with Crippen molar-refractivity contribution in [2.75, 3.05) is 4.90 Å². The summed E-state index contributed by atoms with van der Waals surface area (Å²) in [5.74, 6) is -0.814. The fourth-order valence-corrected chi connectivity index (χ4v) is 3.28. The highest BCUT2D eigenvalue weighted by Crippen LogP contribution is 2.33. The Morgan fingerprint density at radius 1 is 0.828 bits per heavy atom. The second-order valence-electron chi connectivity index (χ2n) is 6.73. The molecule has 0 aromatic heterocycles. The molecule has 0 fully saturated rings. The number of carbonyl (C=O) groups excluding carboxylic acids is 2. The second-order valence-corrected chi connectivity index (χ2v) is 6.73. The van der Waals surface area contributed by atoms with Gasteiger partial charge in [0.1, 0.15) is 0 Å². The van der Waals surface area contributed by atoms with Crippen LogP contribution in [0.3, 0.4) is 0 Å². The number of nitrogens with zero attached hydrogens (tertiary/aromatic N) is 2. The van der Waals surface area contributed by atoms with Crippen LogP contribution >= 0.6 is 0 Å². The first kappa shape index (κ1) is 18.3. The average molecular weight is 384 g/mol. The van der Waals surface area contributed by atoms with Crippen molar-refractivity contribution in [1.29, 1.82) is 0 Å². The number of imide groups is 1. The van der Waals surface area contributed by atoms with Crippen LogP contribution < -0.4 is 4.90 Å². The van der Waals surface area contributed by atoms with Gasteiger partial charge in [0.2, 0.25) is 0 Å². The van der Waals surface area contributed by atoms with Crippen molar-refractivity contribution in [3.05, 3.63) is 105 Å². The van der Waals surface area contributed by atoms with E-state index in [1.807, 2.05) is 19.1 Å². The maximum Gasteiger partial charge on any atom is 0.269 e. The molecule has 6 nitrogen and oxygen atoms in total. The van der Waals surface area contributed by atoms with Gasteiger partial charge in [-0.1, -0.05) is 35.9 Å². The molecule has 3 aromatic rings. The number of hydrogen-bond donors (Lipinski definition) is 0. The van der Waals surface area contributed by atoms with E-state index in [4.69, 9.17) is 0 Å². The lowest BCUT2D eigenvalue weighted by Crippen LogP contribution is -2.41. The molecule has 3 aromatic carbocycles. The van der Waals surface area contributed by atoms with Gasteiger partial charge in [0.25, 0.3) is 17.5 Å². The zero-order valence-corrected chi connectivity index (χ0v) is 15.5. The minimum Gasteiger partial charge on any atom is -0.268 e. The summed E-state index contributed by atoms with van der Waals surface area (Å²) in [4.78, 5) is 37.9. The normalized spacial score (nSPS) is 14.8. The molecule has 0 saturated heterocycles. The van der Waals surface area contributed by atoms with E-state index in [2.05, 4.69) is 0 Å². The molecule has 1 aliphatic heterocycles. The smallest absolute Gasteiger partial charge is 0.268 e. The first-order valence-corrected chi connectivity index (χ1v) is 8.97. The van der Waals surface area contributed by atoms with E-state index in [1.165, 1.54) is 17.0 Å². The van der Waals surface area contributed by atoms with Crippen molar-refractivity contribution in [2.24, 2.45) is 0 Å². The Hall–Kier alpha value is -4.06. The Morgan fingerprint density at radius 2 is 1.45 bits per heavy atom. The minimum atomic E-state index is -0.476. The van der Waals surface area contributed by atoms with Crippen LogP contribution in [0.1, 0.15) is 27.0 Å². The molecule has 1 heterocycles. The van der Waals surface area contributed by atoms with E-state index in [0.717, 1.165) is 5.56 Å². The third-order valence-electron chi connectivity index (χ3n) is 4.79. The largest absolute Gasteiger partial charge is 0.269 e. The highest BCUT2D eigenvalue weighted by molar-refractivity contribution is 6.43. The molecule has 0 bridgehead atoms. The first-order chi connectivity index (χ1) is 14.0. The van der Waals surface area contributed by atoms with Crippen LogP contribution in [0.2, 0.25) is 0 Å². The van der Waals surface area contributed by atoms with Gasteiger partial charge in [-0.15, -0.1) is 0 Å². The summed E-state index contributed by atoms with van der Waals surface area (Å²) in [5.41, 5.74) is 3.45. The molecule has 6 heteroatoms. The summed E-state index contributed by atoms with van der Waals surface area (Å²) in [6.07, 6.45) is 1.65. The van der Waals surface area contributed by atoms with Gasteiger partial charge in [-0.05, 0) is 54.5 Å². The van der Waals surface area contributed by atoms with Crippen molar-refractivity contribution in [1.82, 2.24) is 0 Å². The molecule has 0 aliphatic carbocycles. The quantitative estimate of drug-likeness (QED) is 0.285. The van der Waals surface area contributed by atoms with Crippen molar-refractivity contribution in [3.8, 4) is 0 Å². The lowest BCUT2D eigenvalue weighted by molar-refractivity contribution is -0.384. The molecule has 0 spiro atoms. The lowest BCUT2D eigenvalue weighted by atomic mass is 9.91. The fraction of sp³-hybridized carbons (Fsp3) is 0.0435. The molecule has 1 aliphatic rings. The maximum atomic E-state index is 13.3. The van der Waals surface area contributed by atoms with Crippen molar-refractivity contribution in [2.45, 2.75) is 6.92 Å². The number of carbonyl (C=O) groups is 2. The van der Waals surface area contributed by atoms with E-state index < -0.39 is 10.8 Å². The van der Waals surface area contributed by atoms with E-state index in [-0.39, 0.29) is 11.6 Å². The van der Waals surface area contributed by atoms with Crippen LogP contribution in [0.15, 0.2) is 72.8 Å². The molecule has 29 heavy (non-hydrogen) atoms. The molecule has 142 valence electrons. The summed E-state index contributed by atoms with van der Waals surface area (Å²) >= 11 is 0. The van der Waals surface area contributed by atoms with Gasteiger partial charge in [0.15, 0.2) is 0 Å². The second kappa shape index (κ2) is 7.16. The Balaban J connectivity index is 1.84. The van der Waals surface area contributed by atoms with Crippen LogP contribution in [0.25, 0.3) is 11.6 Å². The monoisotopic (exact) mass is 384 g/mol. The number of rotatable bonds is 3. The molecule has 2 amide bonds. The number of amides is 2. The number of hydrogen-bond acceptors (Lipinski definition) is 4. The van der Waals surface area contributed by atoms with E-state index in [0.29, 0.717) is 28.0 Å². The van der Waals surface area contributed by atoms with Crippen molar-refractivity contribution >= 4 is 34.8 Å². The number of fused-ring (bicyclic) bond motifs is 1. The van der Waals surface area contributed by atoms with Crippen molar-refractivity contribution < 1.29 is 14.5 Å². The predicted octanol–water partition coefficient (Wildman–Crippen LogP) is 4.63. The first-order valence-electron chi connectivity index (χ1n) is 8.97. The van der Waals surface area contributed by atoms with Crippen LogP contribution in [-0.4, -0.2) is 16.7 Å². The Morgan fingerprint density at radius 3 is 2.07 bits per heavy atom. The molecule has 0 atom stereocenters. The lowest BCUT2D eigenvalue weighted by Gasteiger charge is -2.28. The van der Waals surface area contributed by atoms with E-state index in [1.54, 1.807) is 54.6 Å². The Labute approximate surface area is 166 Å². The third-order valence-corrected chi connectivity index (χ3v) is 4.79. The Kier molecular flexibility index (Phi) is 4.52. The summed E-state index contributed by atoms with van der Waals surface area (Å²) in [7, 11) is 0. The number of benzene rings is 3. The maximum absolute atomic E-state index is 13.3. The molecular weight excluding hydrogens is 368 g/mol. The van der Waals surface area contributed by atoms with E-state index in [9.17, 15) is 19.7 Å². The van der Waals surface area contributed by atoms with Gasteiger partial charge >= 0.3 is 0 Å². The Bertz CT molecular complexity index is 1160. The van der Waals surface area contributed by atoms with Crippen LogP contribution in [0.4, 0.5) is 11.4 Å². The van der Waals surface area contributed by atoms with Crippen LogP contribution in [0.5, 0.6) is 0 Å². The van der Waals surface area contributed by atoms with Crippen LogP contribution in [0, 0.1) is 17.0 Å². The number of non-ortho nitro benzene ring substituents is 1. The van der Waals surface area contributed by atoms with Gasteiger partial charge < -0.3 is 0 Å². The minimum absolute atomic E-state index is 0.0287. The zero-order valence-electron chi connectivity index (χ0n) is 15.5. The van der Waals surface area contributed by atoms with Crippen molar-refractivity contribution in [3.63, 3.8) is 0 Å². The average Bonchev–Trinajstić information content (AvgIpc) is 2.73. The third kappa shape index (κ3) is 3.32. The molecular formula is C23H16N2O4. The summed E-state index contributed by atoms with van der Waals surface area (Å²) in [5, 5.41) is 10.9. The van der Waals surface area contributed by atoms with Gasteiger partial charge in [0, 0.05) is 23.3 Å². The predicted molar refractivity (Wildman–Crippen MR) is 110 cm³/mol. The van der Waals surface area contributed by atoms with Crippen LogP contribution in [-0.2, 0) is 4.79 Å². The molecule has 0 saturated carbocycles. The summed E-state index contributed by atoms with van der Waals surface area (Å²) < 4.78 is 0. The van der Waals surface area contributed by atoms with Gasteiger partial charge in [0.05, 0.1) is 10.6 Å². The van der Waals surface area contributed by atoms with Gasteiger partial charge in [-0.25, -0.2) is 4.90 Å². The topological polar surface area (TPSA) is 80.5 Å². The SMILES string of the molecule is Cc1ccc(N2C(=O)/C(=C\c3ccc([N+](=O)[O-])cc3)c3ccccc3C2=O)cc1. The van der Waals surface area contributed by atoms with Gasteiger partial charge in [-0.3, -0.25) is 19.7 Å². The molecule has 0 radical (unpaired) electrons.